The Morgan fingerprint density at radius 1 is 1.09 bits per heavy atom. The van der Waals surface area contributed by atoms with Crippen LogP contribution in [0.15, 0.2) is 0 Å². The fraction of sp³-hybridized carbons (Fsp3) is 0.750. The van der Waals surface area contributed by atoms with E-state index in [0.29, 0.717) is 5.28 Å². The number of hydrogen-bond donors (Lipinski definition) is 1. The van der Waals surface area contributed by atoms with Gasteiger partial charge in [0.1, 0.15) is 5.82 Å². The van der Waals surface area contributed by atoms with E-state index in [1.54, 1.807) is 0 Å². The van der Waals surface area contributed by atoms with Gasteiger partial charge in [-0.05, 0) is 50.2 Å². The average molecular weight is 325 g/mol. The molecule has 0 amide bonds. The number of morpholine rings is 1. The third-order valence-electron chi connectivity index (χ3n) is 4.45. The summed E-state index contributed by atoms with van der Waals surface area (Å²) in [6.07, 6.45) is 6.90. The van der Waals surface area contributed by atoms with Crippen LogP contribution in [0.2, 0.25) is 5.28 Å². The second kappa shape index (κ2) is 8.09. The molecule has 1 saturated heterocycles. The lowest BCUT2D eigenvalue weighted by Crippen LogP contribution is -2.37. The zero-order valence-electron chi connectivity index (χ0n) is 13.1. The summed E-state index contributed by atoms with van der Waals surface area (Å²) < 4.78 is 5.37. The van der Waals surface area contributed by atoms with E-state index in [-0.39, 0.29) is 0 Å². The number of anilines is 1. The highest BCUT2D eigenvalue weighted by Crippen LogP contribution is 2.26. The van der Waals surface area contributed by atoms with Crippen LogP contribution in [0.25, 0.3) is 0 Å². The normalized spacial score (nSPS) is 19.5. The van der Waals surface area contributed by atoms with Gasteiger partial charge in [0.25, 0.3) is 0 Å². The maximum atomic E-state index is 6.09. The fourth-order valence-corrected chi connectivity index (χ4v) is 3.41. The van der Waals surface area contributed by atoms with Gasteiger partial charge in [-0.25, -0.2) is 9.97 Å². The van der Waals surface area contributed by atoms with Crippen molar-refractivity contribution in [3.63, 3.8) is 0 Å². The molecule has 0 saturated carbocycles. The molecular formula is C16H25ClN4O. The summed E-state index contributed by atoms with van der Waals surface area (Å²) in [6.45, 7) is 5.86. The molecule has 5 nitrogen and oxygen atoms in total. The first-order chi connectivity index (χ1) is 10.8. The van der Waals surface area contributed by atoms with Crippen LogP contribution in [-0.4, -0.2) is 54.3 Å². The Hall–Kier alpha value is -0.910. The molecule has 0 radical (unpaired) electrons. The number of nitrogens with one attached hydrogen (secondary N) is 1. The van der Waals surface area contributed by atoms with Gasteiger partial charge in [-0.1, -0.05) is 6.42 Å². The van der Waals surface area contributed by atoms with Gasteiger partial charge in [0, 0.05) is 25.2 Å². The first-order valence-corrected chi connectivity index (χ1v) is 8.80. The van der Waals surface area contributed by atoms with Crippen molar-refractivity contribution in [2.75, 3.05) is 44.7 Å². The van der Waals surface area contributed by atoms with Crippen molar-refractivity contribution in [1.82, 2.24) is 14.9 Å². The van der Waals surface area contributed by atoms with Crippen LogP contribution in [0.4, 0.5) is 5.82 Å². The summed E-state index contributed by atoms with van der Waals surface area (Å²) in [5.41, 5.74) is 2.43. The molecule has 122 valence electrons. The fourth-order valence-electron chi connectivity index (χ4n) is 3.22. The molecule has 0 unspecified atom stereocenters. The van der Waals surface area contributed by atoms with Crippen molar-refractivity contribution < 1.29 is 4.74 Å². The van der Waals surface area contributed by atoms with Crippen molar-refractivity contribution in [3.05, 3.63) is 16.5 Å². The van der Waals surface area contributed by atoms with E-state index in [0.717, 1.165) is 70.2 Å². The van der Waals surface area contributed by atoms with E-state index in [1.807, 2.05) is 0 Å². The van der Waals surface area contributed by atoms with Gasteiger partial charge in [0.15, 0.2) is 0 Å². The highest BCUT2D eigenvalue weighted by molar-refractivity contribution is 6.28. The van der Waals surface area contributed by atoms with Crippen molar-refractivity contribution in [2.45, 2.75) is 38.5 Å². The Bertz CT molecular complexity index is 491. The largest absolute Gasteiger partial charge is 0.379 e. The minimum absolute atomic E-state index is 0.372. The third-order valence-corrected chi connectivity index (χ3v) is 4.62. The van der Waals surface area contributed by atoms with Crippen LogP contribution in [-0.2, 0) is 17.6 Å². The Kier molecular flexibility index (Phi) is 5.87. The summed E-state index contributed by atoms with van der Waals surface area (Å²) in [7, 11) is 0. The topological polar surface area (TPSA) is 50.3 Å². The average Bonchev–Trinajstić information content (AvgIpc) is 2.77. The minimum Gasteiger partial charge on any atom is -0.379 e. The molecule has 1 aliphatic carbocycles. The molecule has 0 atom stereocenters. The van der Waals surface area contributed by atoms with Gasteiger partial charge in [-0.2, -0.15) is 0 Å². The van der Waals surface area contributed by atoms with Crippen LogP contribution in [0.5, 0.6) is 0 Å². The van der Waals surface area contributed by atoms with Crippen LogP contribution in [0.1, 0.15) is 36.9 Å². The summed E-state index contributed by atoms with van der Waals surface area (Å²) >= 11 is 6.09. The van der Waals surface area contributed by atoms with Crippen LogP contribution < -0.4 is 5.32 Å². The quantitative estimate of drug-likeness (QED) is 0.512. The van der Waals surface area contributed by atoms with Gasteiger partial charge < -0.3 is 10.1 Å². The van der Waals surface area contributed by atoms with Crippen molar-refractivity contribution in [1.29, 1.82) is 0 Å². The summed E-state index contributed by atoms with van der Waals surface area (Å²) in [4.78, 5) is 11.3. The molecule has 0 bridgehead atoms. The molecule has 0 aromatic carbocycles. The molecule has 6 heteroatoms. The van der Waals surface area contributed by atoms with E-state index in [4.69, 9.17) is 16.3 Å². The number of aromatic nitrogens is 2. The molecule has 1 aromatic heterocycles. The summed E-state index contributed by atoms with van der Waals surface area (Å²) in [6, 6.07) is 0. The highest BCUT2D eigenvalue weighted by atomic mass is 35.5. The smallest absolute Gasteiger partial charge is 0.224 e. The lowest BCUT2D eigenvalue weighted by atomic mass is 10.1. The lowest BCUT2D eigenvalue weighted by Gasteiger charge is -2.26. The number of nitrogens with zero attached hydrogens (tertiary/aromatic N) is 3. The van der Waals surface area contributed by atoms with Crippen LogP contribution >= 0.6 is 11.6 Å². The highest BCUT2D eigenvalue weighted by Gasteiger charge is 2.16. The maximum absolute atomic E-state index is 6.09. The van der Waals surface area contributed by atoms with Gasteiger partial charge >= 0.3 is 0 Å². The maximum Gasteiger partial charge on any atom is 0.224 e. The Balaban J connectivity index is 1.54. The Labute approximate surface area is 137 Å². The lowest BCUT2D eigenvalue weighted by molar-refractivity contribution is 0.0378. The standard InChI is InChI=1S/C16H25ClN4O/c17-16-19-14-6-3-1-2-5-13(14)15(20-16)18-7-4-8-21-9-11-22-12-10-21/h1-12H2,(H,18,19,20). The Morgan fingerprint density at radius 3 is 2.77 bits per heavy atom. The SMILES string of the molecule is Clc1nc2c(c(NCCCN3CCOCC3)n1)CCCCC2. The predicted octanol–water partition coefficient (Wildman–Crippen LogP) is 2.53. The molecule has 1 aromatic rings. The third kappa shape index (κ3) is 4.31. The van der Waals surface area contributed by atoms with E-state index >= 15 is 0 Å². The van der Waals surface area contributed by atoms with Crippen molar-refractivity contribution in [2.24, 2.45) is 0 Å². The van der Waals surface area contributed by atoms with Crippen LogP contribution in [0.3, 0.4) is 0 Å². The van der Waals surface area contributed by atoms with E-state index in [9.17, 15) is 0 Å². The molecule has 1 aliphatic heterocycles. The number of halogens is 1. The van der Waals surface area contributed by atoms with Crippen molar-refractivity contribution in [3.8, 4) is 0 Å². The molecule has 1 fully saturated rings. The predicted molar refractivity (Wildman–Crippen MR) is 88.7 cm³/mol. The summed E-state index contributed by atoms with van der Waals surface area (Å²) in [5.74, 6) is 0.957. The molecule has 2 aliphatic rings. The van der Waals surface area contributed by atoms with Gasteiger partial charge in [-0.3, -0.25) is 4.90 Å². The molecule has 2 heterocycles. The number of aryl methyl sites for hydroxylation is 1. The number of ether oxygens (including phenoxy) is 1. The monoisotopic (exact) mass is 324 g/mol. The summed E-state index contributed by atoms with van der Waals surface area (Å²) in [5, 5.41) is 3.86. The molecule has 1 N–H and O–H groups in total. The second-order valence-electron chi connectivity index (χ2n) is 6.06. The van der Waals surface area contributed by atoms with E-state index in [1.165, 1.54) is 24.8 Å². The molecule has 22 heavy (non-hydrogen) atoms. The van der Waals surface area contributed by atoms with Gasteiger partial charge in [0.05, 0.1) is 18.9 Å². The Morgan fingerprint density at radius 2 is 1.91 bits per heavy atom. The van der Waals surface area contributed by atoms with E-state index < -0.39 is 0 Å². The molecule has 0 spiro atoms. The van der Waals surface area contributed by atoms with Gasteiger partial charge in [-0.15, -0.1) is 0 Å². The minimum atomic E-state index is 0.372. The first-order valence-electron chi connectivity index (χ1n) is 8.42. The molecular weight excluding hydrogens is 300 g/mol. The number of rotatable bonds is 5. The zero-order valence-corrected chi connectivity index (χ0v) is 13.9. The van der Waals surface area contributed by atoms with Crippen molar-refractivity contribution >= 4 is 17.4 Å². The zero-order chi connectivity index (χ0) is 15.2. The van der Waals surface area contributed by atoms with E-state index in [2.05, 4.69) is 20.2 Å². The first kappa shape index (κ1) is 16.0. The number of fused-ring (bicyclic) bond motifs is 1. The van der Waals surface area contributed by atoms with Gasteiger partial charge in [0.2, 0.25) is 5.28 Å². The number of hydrogen-bond acceptors (Lipinski definition) is 5. The van der Waals surface area contributed by atoms with Crippen LogP contribution in [0, 0.1) is 0 Å². The molecule has 3 rings (SSSR count). The second-order valence-corrected chi connectivity index (χ2v) is 6.40.